The number of aromatic nitrogens is 5. The molecule has 186 valence electrons. The number of β-amino-alcohol motifs (C(OH)–C–C–N with tert-alkyl or cyclic N) is 1. The maximum Gasteiger partial charge on any atom is 0.303 e. The zero-order chi connectivity index (χ0) is 25.4. The van der Waals surface area contributed by atoms with Crippen molar-refractivity contribution in [2.24, 2.45) is 14.1 Å². The monoisotopic (exact) mass is 489 g/mol. The normalized spacial score (nSPS) is 15.5. The van der Waals surface area contributed by atoms with Crippen LogP contribution in [-0.4, -0.2) is 65.6 Å². The van der Waals surface area contributed by atoms with E-state index in [0.717, 1.165) is 11.2 Å². The smallest absolute Gasteiger partial charge is 0.303 e. The highest BCUT2D eigenvalue weighted by Crippen LogP contribution is 2.34. The molecule has 36 heavy (non-hydrogen) atoms. The number of nitrogens with zero attached hydrogens (tertiary/aromatic N) is 6. The number of carboxylic acid groups (broad SMARTS) is 1. The first-order valence-electron chi connectivity index (χ1n) is 11.7. The fourth-order valence-corrected chi connectivity index (χ4v) is 4.48. The molecule has 1 fully saturated rings. The van der Waals surface area contributed by atoms with Crippen molar-refractivity contribution in [3.05, 3.63) is 54.1 Å². The Labute approximate surface area is 207 Å². The van der Waals surface area contributed by atoms with E-state index in [2.05, 4.69) is 20.4 Å². The molecule has 0 spiro atoms. The van der Waals surface area contributed by atoms with E-state index in [4.69, 9.17) is 5.11 Å². The third-order valence-corrected chi connectivity index (χ3v) is 6.36. The molecule has 1 atom stereocenters. The maximum atomic E-state index is 13.3. The van der Waals surface area contributed by atoms with Crippen LogP contribution in [0.2, 0.25) is 0 Å². The van der Waals surface area contributed by atoms with Crippen molar-refractivity contribution in [3.63, 3.8) is 0 Å². The molecule has 11 heteroatoms. The molecule has 3 aromatic heterocycles. The van der Waals surface area contributed by atoms with Crippen molar-refractivity contribution < 1.29 is 19.8 Å². The molecule has 0 radical (unpaired) electrons. The SMILES string of the molecule is Cn1ccc(-c2cccc(C(=O)Nc3cc4c(cc3N3CCC(O)C3)nc(CCC(=O)O)n4C)n2)n1. The van der Waals surface area contributed by atoms with Crippen LogP contribution in [0.15, 0.2) is 42.6 Å². The van der Waals surface area contributed by atoms with Crippen LogP contribution in [0.5, 0.6) is 0 Å². The molecule has 1 saturated heterocycles. The molecule has 1 unspecified atom stereocenters. The van der Waals surface area contributed by atoms with Crippen LogP contribution >= 0.6 is 0 Å². The molecule has 4 aromatic rings. The van der Waals surface area contributed by atoms with E-state index in [-0.39, 0.29) is 18.0 Å². The summed E-state index contributed by atoms with van der Waals surface area (Å²) in [7, 11) is 3.65. The Kier molecular flexibility index (Phi) is 6.15. The van der Waals surface area contributed by atoms with Crippen LogP contribution in [-0.2, 0) is 25.3 Å². The second-order valence-electron chi connectivity index (χ2n) is 8.96. The number of amides is 1. The quantitative estimate of drug-likeness (QED) is 0.359. The molecule has 1 aliphatic rings. The Morgan fingerprint density at radius 3 is 2.67 bits per heavy atom. The van der Waals surface area contributed by atoms with Crippen LogP contribution in [0.1, 0.15) is 29.2 Å². The van der Waals surface area contributed by atoms with Crippen LogP contribution < -0.4 is 10.2 Å². The molecule has 4 heterocycles. The minimum Gasteiger partial charge on any atom is -0.481 e. The molecule has 11 nitrogen and oxygen atoms in total. The Hall–Kier alpha value is -4.25. The van der Waals surface area contributed by atoms with Crippen LogP contribution in [0.3, 0.4) is 0 Å². The summed E-state index contributed by atoms with van der Waals surface area (Å²) < 4.78 is 3.52. The Morgan fingerprint density at radius 2 is 1.97 bits per heavy atom. The van der Waals surface area contributed by atoms with Gasteiger partial charge in [0.15, 0.2) is 0 Å². The average Bonchev–Trinajstić information content (AvgIpc) is 3.56. The van der Waals surface area contributed by atoms with Gasteiger partial charge in [0.25, 0.3) is 5.91 Å². The van der Waals surface area contributed by atoms with Gasteiger partial charge in [0.1, 0.15) is 17.2 Å². The van der Waals surface area contributed by atoms with Crippen molar-refractivity contribution in [2.45, 2.75) is 25.4 Å². The highest BCUT2D eigenvalue weighted by Gasteiger charge is 2.25. The topological polar surface area (TPSA) is 138 Å². The van der Waals surface area contributed by atoms with Gasteiger partial charge in [0.2, 0.25) is 0 Å². The fraction of sp³-hybridized carbons (Fsp3) is 0.320. The molecule has 5 rings (SSSR count). The third kappa shape index (κ3) is 4.65. The Morgan fingerprint density at radius 1 is 1.14 bits per heavy atom. The number of anilines is 2. The average molecular weight is 490 g/mol. The largest absolute Gasteiger partial charge is 0.481 e. The Bertz CT molecular complexity index is 1460. The van der Waals surface area contributed by atoms with Gasteiger partial charge in [-0.15, -0.1) is 0 Å². The third-order valence-electron chi connectivity index (χ3n) is 6.36. The number of carbonyl (C=O) groups is 2. The van der Waals surface area contributed by atoms with Gasteiger partial charge >= 0.3 is 5.97 Å². The molecule has 0 saturated carbocycles. The van der Waals surface area contributed by atoms with Crippen LogP contribution in [0, 0.1) is 0 Å². The van der Waals surface area contributed by atoms with Crippen molar-refractivity contribution in [2.75, 3.05) is 23.3 Å². The number of aliphatic hydroxyl groups is 1. The number of fused-ring (bicyclic) bond motifs is 1. The number of aliphatic carboxylic acids is 1. The van der Waals surface area contributed by atoms with Gasteiger partial charge in [-0.3, -0.25) is 14.3 Å². The standard InChI is InChI=1S/C25H27N7O4/c1-30-10-9-17(29-30)16-4-3-5-18(26-16)25(36)28-20-12-21-19(13-22(20)32-11-8-15(33)14-32)27-23(31(21)2)6-7-24(34)35/h3-5,9-10,12-13,15,33H,6-8,11,14H2,1-2H3,(H,28,36)(H,34,35). The minimum absolute atomic E-state index is 0.0236. The lowest BCUT2D eigenvalue weighted by Crippen LogP contribution is -2.24. The molecule has 1 aliphatic heterocycles. The van der Waals surface area contributed by atoms with Crippen LogP contribution in [0.4, 0.5) is 11.4 Å². The lowest BCUT2D eigenvalue weighted by molar-refractivity contribution is -0.137. The summed E-state index contributed by atoms with van der Waals surface area (Å²) in [5, 5.41) is 26.5. The number of hydrogen-bond donors (Lipinski definition) is 3. The predicted molar refractivity (Wildman–Crippen MR) is 134 cm³/mol. The van der Waals surface area contributed by atoms with Crippen LogP contribution in [0.25, 0.3) is 22.4 Å². The number of hydrogen-bond acceptors (Lipinski definition) is 7. The van der Waals surface area contributed by atoms with E-state index in [1.54, 1.807) is 22.9 Å². The summed E-state index contributed by atoms with van der Waals surface area (Å²) in [6.45, 7) is 1.09. The van der Waals surface area contributed by atoms with Gasteiger partial charge in [-0.05, 0) is 36.8 Å². The van der Waals surface area contributed by atoms with Crippen molar-refractivity contribution in [3.8, 4) is 11.4 Å². The number of carboxylic acids is 1. The van der Waals surface area contributed by atoms with Crippen molar-refractivity contribution in [1.82, 2.24) is 24.3 Å². The minimum atomic E-state index is -0.887. The Balaban J connectivity index is 1.50. The number of benzene rings is 1. The lowest BCUT2D eigenvalue weighted by atomic mass is 10.2. The molecule has 0 bridgehead atoms. The zero-order valence-corrected chi connectivity index (χ0v) is 20.0. The second kappa shape index (κ2) is 9.42. The van der Waals surface area contributed by atoms with E-state index >= 15 is 0 Å². The zero-order valence-electron chi connectivity index (χ0n) is 20.0. The number of rotatable bonds is 7. The van der Waals surface area contributed by atoms with E-state index in [9.17, 15) is 14.7 Å². The predicted octanol–water partition coefficient (Wildman–Crippen LogP) is 2.21. The van der Waals surface area contributed by atoms with Gasteiger partial charge in [-0.1, -0.05) is 6.07 Å². The maximum absolute atomic E-state index is 13.3. The van der Waals surface area contributed by atoms with Gasteiger partial charge in [0.05, 0.1) is 40.6 Å². The van der Waals surface area contributed by atoms with E-state index in [1.165, 1.54) is 0 Å². The number of nitrogens with one attached hydrogen (secondary N) is 1. The molecule has 1 amide bonds. The second-order valence-corrected chi connectivity index (χ2v) is 8.96. The number of aliphatic hydroxyl groups excluding tert-OH is 1. The van der Waals surface area contributed by atoms with E-state index in [0.29, 0.717) is 54.3 Å². The number of imidazole rings is 1. The lowest BCUT2D eigenvalue weighted by Gasteiger charge is -2.22. The number of aryl methyl sites for hydroxylation is 3. The van der Waals surface area contributed by atoms with Gasteiger partial charge < -0.3 is 25.0 Å². The molecule has 1 aromatic carbocycles. The van der Waals surface area contributed by atoms with E-state index < -0.39 is 12.1 Å². The summed E-state index contributed by atoms with van der Waals surface area (Å²) in [5.74, 6) is -0.614. The highest BCUT2D eigenvalue weighted by molar-refractivity contribution is 6.06. The summed E-state index contributed by atoms with van der Waals surface area (Å²) in [4.78, 5) is 35.5. The van der Waals surface area contributed by atoms with Crippen molar-refractivity contribution in [1.29, 1.82) is 0 Å². The van der Waals surface area contributed by atoms with Crippen molar-refractivity contribution >= 4 is 34.3 Å². The fourth-order valence-electron chi connectivity index (χ4n) is 4.48. The molecular weight excluding hydrogens is 462 g/mol. The van der Waals surface area contributed by atoms with Gasteiger partial charge in [-0.2, -0.15) is 5.10 Å². The van der Waals surface area contributed by atoms with E-state index in [1.807, 2.05) is 48.0 Å². The summed E-state index contributed by atoms with van der Waals surface area (Å²) in [6.07, 6.45) is 2.27. The first-order valence-corrected chi connectivity index (χ1v) is 11.7. The molecular formula is C25H27N7O4. The van der Waals surface area contributed by atoms with Gasteiger partial charge in [0, 0.05) is 39.8 Å². The first-order chi connectivity index (χ1) is 17.3. The van der Waals surface area contributed by atoms with Gasteiger partial charge in [-0.25, -0.2) is 9.97 Å². The number of pyridine rings is 1. The molecule has 3 N–H and O–H groups in total. The highest BCUT2D eigenvalue weighted by atomic mass is 16.4. The first kappa shape index (κ1) is 23.5. The summed E-state index contributed by atoms with van der Waals surface area (Å²) in [5.41, 5.74) is 4.29. The summed E-state index contributed by atoms with van der Waals surface area (Å²) in [6, 6.07) is 10.8. The molecule has 0 aliphatic carbocycles. The number of carbonyl (C=O) groups excluding carboxylic acids is 1. The summed E-state index contributed by atoms with van der Waals surface area (Å²) >= 11 is 0.